The summed E-state index contributed by atoms with van der Waals surface area (Å²) in [6, 6.07) is 1.54. The lowest BCUT2D eigenvalue weighted by Crippen LogP contribution is -2.25. The molecule has 112 valence electrons. The van der Waals surface area contributed by atoms with Crippen molar-refractivity contribution in [3.8, 4) is 0 Å². The molecule has 8 heteroatoms. The van der Waals surface area contributed by atoms with Gasteiger partial charge in [-0.15, -0.1) is 0 Å². The number of amides is 1. The first-order valence-corrected chi connectivity index (χ1v) is 6.45. The SMILES string of the molecule is CNC1=CC(CCn2ccc(NC(C)=O)nc2=O)OC1=O. The number of carbonyl (C=O) groups is 2. The third kappa shape index (κ3) is 3.68. The Kier molecular flexibility index (Phi) is 4.36. The van der Waals surface area contributed by atoms with Crippen LogP contribution in [0.4, 0.5) is 5.82 Å². The summed E-state index contributed by atoms with van der Waals surface area (Å²) in [6.45, 7) is 1.70. The molecule has 1 atom stereocenters. The van der Waals surface area contributed by atoms with Crippen LogP contribution in [0, 0.1) is 0 Å². The maximum absolute atomic E-state index is 11.8. The lowest BCUT2D eigenvalue weighted by molar-refractivity contribution is -0.140. The maximum atomic E-state index is 11.8. The largest absolute Gasteiger partial charge is 0.453 e. The molecule has 2 rings (SSSR count). The number of aryl methyl sites for hydroxylation is 1. The van der Waals surface area contributed by atoms with Crippen molar-refractivity contribution in [2.75, 3.05) is 12.4 Å². The van der Waals surface area contributed by atoms with Crippen molar-refractivity contribution in [3.63, 3.8) is 0 Å². The van der Waals surface area contributed by atoms with Crippen LogP contribution in [0.5, 0.6) is 0 Å². The van der Waals surface area contributed by atoms with Gasteiger partial charge in [0.05, 0.1) is 0 Å². The van der Waals surface area contributed by atoms with Crippen molar-refractivity contribution in [2.45, 2.75) is 26.0 Å². The molecule has 1 unspecified atom stereocenters. The van der Waals surface area contributed by atoms with Crippen LogP contribution in [-0.4, -0.2) is 34.6 Å². The Morgan fingerprint density at radius 1 is 1.48 bits per heavy atom. The fourth-order valence-corrected chi connectivity index (χ4v) is 1.93. The summed E-state index contributed by atoms with van der Waals surface area (Å²) >= 11 is 0. The molecular weight excluding hydrogens is 276 g/mol. The molecule has 1 aliphatic heterocycles. The molecule has 2 N–H and O–H groups in total. The van der Waals surface area contributed by atoms with Crippen LogP contribution < -0.4 is 16.3 Å². The Bertz CT molecular complexity index is 650. The van der Waals surface area contributed by atoms with E-state index in [1.165, 1.54) is 11.5 Å². The van der Waals surface area contributed by atoms with Gasteiger partial charge >= 0.3 is 11.7 Å². The minimum atomic E-state index is -0.469. The fraction of sp³-hybridized carbons (Fsp3) is 0.385. The molecule has 0 saturated heterocycles. The zero-order chi connectivity index (χ0) is 15.4. The molecule has 1 aromatic heterocycles. The van der Waals surface area contributed by atoms with Crippen LogP contribution in [0.3, 0.4) is 0 Å². The van der Waals surface area contributed by atoms with Crippen LogP contribution in [0.2, 0.25) is 0 Å². The first-order valence-electron chi connectivity index (χ1n) is 6.45. The molecule has 0 fully saturated rings. The van der Waals surface area contributed by atoms with Gasteiger partial charge in [-0.2, -0.15) is 4.98 Å². The number of cyclic esters (lactones) is 1. The van der Waals surface area contributed by atoms with Crippen LogP contribution in [0.25, 0.3) is 0 Å². The summed E-state index contributed by atoms with van der Waals surface area (Å²) in [5.74, 6) is -0.468. The van der Waals surface area contributed by atoms with Gasteiger partial charge in [-0.05, 0) is 12.1 Å². The van der Waals surface area contributed by atoms with E-state index in [9.17, 15) is 14.4 Å². The number of likely N-dealkylation sites (N-methyl/N-ethyl adjacent to an activating group) is 1. The lowest BCUT2D eigenvalue weighted by atomic mass is 10.2. The summed E-state index contributed by atoms with van der Waals surface area (Å²) in [5, 5.41) is 5.18. The van der Waals surface area contributed by atoms with Gasteiger partial charge in [0.2, 0.25) is 5.91 Å². The number of hydrogen-bond donors (Lipinski definition) is 2. The molecule has 0 saturated carbocycles. The van der Waals surface area contributed by atoms with E-state index in [1.807, 2.05) is 0 Å². The van der Waals surface area contributed by atoms with E-state index in [0.717, 1.165) is 0 Å². The van der Waals surface area contributed by atoms with Gasteiger partial charge in [-0.3, -0.25) is 9.36 Å². The number of ether oxygens (including phenoxy) is 1. The number of esters is 1. The molecule has 0 spiro atoms. The normalized spacial score (nSPS) is 17.1. The average molecular weight is 292 g/mol. The second-order valence-corrected chi connectivity index (χ2v) is 4.53. The Hall–Kier alpha value is -2.64. The molecule has 8 nitrogen and oxygen atoms in total. The second-order valence-electron chi connectivity index (χ2n) is 4.53. The first-order chi connectivity index (χ1) is 9.99. The molecule has 21 heavy (non-hydrogen) atoms. The van der Waals surface area contributed by atoms with Crippen LogP contribution in [0.1, 0.15) is 13.3 Å². The molecule has 0 bridgehead atoms. The smallest absolute Gasteiger partial charge is 0.354 e. The van der Waals surface area contributed by atoms with E-state index in [-0.39, 0.29) is 17.8 Å². The third-order valence-electron chi connectivity index (χ3n) is 2.93. The van der Waals surface area contributed by atoms with E-state index in [2.05, 4.69) is 15.6 Å². The van der Waals surface area contributed by atoms with E-state index in [0.29, 0.717) is 18.7 Å². The first kappa shape index (κ1) is 14.8. The highest BCUT2D eigenvalue weighted by Crippen LogP contribution is 2.14. The Morgan fingerprint density at radius 2 is 2.24 bits per heavy atom. The summed E-state index contributed by atoms with van der Waals surface area (Å²) in [6.07, 6.45) is 3.34. The molecule has 1 aromatic rings. The fourth-order valence-electron chi connectivity index (χ4n) is 1.93. The molecule has 0 aromatic carbocycles. The van der Waals surface area contributed by atoms with Gasteiger partial charge in [0.25, 0.3) is 0 Å². The zero-order valence-corrected chi connectivity index (χ0v) is 11.8. The van der Waals surface area contributed by atoms with Gasteiger partial charge in [-0.25, -0.2) is 9.59 Å². The zero-order valence-electron chi connectivity index (χ0n) is 11.8. The van der Waals surface area contributed by atoms with Gasteiger partial charge in [0.15, 0.2) is 0 Å². The lowest BCUT2D eigenvalue weighted by Gasteiger charge is -2.09. The van der Waals surface area contributed by atoms with Crippen LogP contribution in [-0.2, 0) is 20.9 Å². The number of anilines is 1. The van der Waals surface area contributed by atoms with Crippen molar-refractivity contribution in [3.05, 3.63) is 34.5 Å². The van der Waals surface area contributed by atoms with Crippen molar-refractivity contribution >= 4 is 17.7 Å². The maximum Gasteiger partial charge on any atom is 0.354 e. The van der Waals surface area contributed by atoms with Gasteiger partial charge < -0.3 is 15.4 Å². The minimum Gasteiger partial charge on any atom is -0.453 e. The minimum absolute atomic E-state index is 0.216. The Balaban J connectivity index is 1.98. The average Bonchev–Trinajstić information content (AvgIpc) is 2.77. The van der Waals surface area contributed by atoms with E-state index in [1.54, 1.807) is 25.4 Å². The number of nitrogens with zero attached hydrogens (tertiary/aromatic N) is 2. The summed E-state index contributed by atoms with van der Waals surface area (Å²) in [4.78, 5) is 37.8. The van der Waals surface area contributed by atoms with E-state index in [4.69, 9.17) is 4.74 Å². The van der Waals surface area contributed by atoms with Crippen molar-refractivity contribution in [2.24, 2.45) is 0 Å². The number of hydrogen-bond acceptors (Lipinski definition) is 6. The molecule has 0 radical (unpaired) electrons. The predicted molar refractivity (Wildman–Crippen MR) is 74.4 cm³/mol. The van der Waals surface area contributed by atoms with Gasteiger partial charge in [-0.1, -0.05) is 0 Å². The summed E-state index contributed by atoms with van der Waals surface area (Å²) in [7, 11) is 1.64. The van der Waals surface area contributed by atoms with Crippen molar-refractivity contribution in [1.82, 2.24) is 14.9 Å². The number of aromatic nitrogens is 2. The molecule has 2 heterocycles. The third-order valence-corrected chi connectivity index (χ3v) is 2.93. The quantitative estimate of drug-likeness (QED) is 0.717. The number of rotatable bonds is 5. The topological polar surface area (TPSA) is 102 Å². The highest BCUT2D eigenvalue weighted by Gasteiger charge is 2.24. The van der Waals surface area contributed by atoms with Crippen molar-refractivity contribution < 1.29 is 14.3 Å². The van der Waals surface area contributed by atoms with Crippen LogP contribution >= 0.6 is 0 Å². The monoisotopic (exact) mass is 292 g/mol. The molecular formula is C13H16N4O4. The highest BCUT2D eigenvalue weighted by molar-refractivity contribution is 5.90. The number of carbonyl (C=O) groups excluding carboxylic acids is 2. The second kappa shape index (κ2) is 6.21. The van der Waals surface area contributed by atoms with Gasteiger partial charge in [0, 0.05) is 33.1 Å². The van der Waals surface area contributed by atoms with Crippen molar-refractivity contribution in [1.29, 1.82) is 0 Å². The molecule has 1 aliphatic rings. The van der Waals surface area contributed by atoms with Crippen LogP contribution in [0.15, 0.2) is 28.8 Å². The van der Waals surface area contributed by atoms with E-state index < -0.39 is 11.7 Å². The highest BCUT2D eigenvalue weighted by atomic mass is 16.5. The molecule has 1 amide bonds. The standard InChI is InChI=1S/C13H16N4O4/c1-8(18)15-11-4-6-17(13(20)16-11)5-3-9-7-10(14-2)12(19)21-9/h4,6-7,9,14H,3,5H2,1-2H3,(H,15,16,18,20). The Labute approximate surface area is 120 Å². The predicted octanol–water partition coefficient (Wildman–Crippen LogP) is -0.380. The summed E-state index contributed by atoms with van der Waals surface area (Å²) < 4.78 is 6.51. The number of nitrogens with one attached hydrogen (secondary N) is 2. The molecule has 0 aliphatic carbocycles. The van der Waals surface area contributed by atoms with Gasteiger partial charge in [0.1, 0.15) is 17.6 Å². The van der Waals surface area contributed by atoms with E-state index >= 15 is 0 Å². The Morgan fingerprint density at radius 3 is 2.81 bits per heavy atom. The summed E-state index contributed by atoms with van der Waals surface area (Å²) in [5.41, 5.74) is -0.0464.